The molecule has 6 heteroatoms. The first-order valence-electron chi connectivity index (χ1n) is 8.16. The third kappa shape index (κ3) is 3.32. The van der Waals surface area contributed by atoms with Crippen LogP contribution in [0, 0.1) is 11.3 Å². The fraction of sp³-hybridized carbons (Fsp3) is 0.150. The average Bonchev–Trinajstić information content (AvgIpc) is 3.02. The minimum atomic E-state index is -1.04. The van der Waals surface area contributed by atoms with Gasteiger partial charge >= 0.3 is 5.97 Å². The van der Waals surface area contributed by atoms with Crippen molar-refractivity contribution in [2.45, 2.75) is 19.8 Å². The monoisotopic (exact) mass is 365 g/mol. The topological polar surface area (TPSA) is 78.9 Å². The molecule has 1 heterocycles. The van der Waals surface area contributed by atoms with E-state index in [0.29, 0.717) is 34.0 Å². The number of rotatable bonds is 5. The van der Waals surface area contributed by atoms with E-state index in [1.807, 2.05) is 6.92 Å². The van der Waals surface area contributed by atoms with E-state index in [1.54, 1.807) is 53.2 Å². The highest BCUT2D eigenvalue weighted by molar-refractivity contribution is 6.30. The minimum absolute atomic E-state index is 0.164. The maximum absolute atomic E-state index is 12.0. The lowest BCUT2D eigenvalue weighted by atomic mass is 10.0. The molecule has 0 aliphatic heterocycles. The van der Waals surface area contributed by atoms with Gasteiger partial charge in [0.25, 0.3) is 0 Å². The number of aromatic carboxylic acids is 1. The van der Waals surface area contributed by atoms with Gasteiger partial charge in [0.2, 0.25) is 0 Å². The van der Waals surface area contributed by atoms with Crippen molar-refractivity contribution in [2.24, 2.45) is 0 Å². The van der Waals surface area contributed by atoms with Crippen molar-refractivity contribution in [1.29, 1.82) is 5.26 Å². The molecule has 0 fully saturated rings. The van der Waals surface area contributed by atoms with Crippen LogP contribution in [-0.2, 0) is 6.42 Å². The summed E-state index contributed by atoms with van der Waals surface area (Å²) >= 11 is 5.96. The molecule has 5 nitrogen and oxygen atoms in total. The number of carbonyl (C=O) groups is 1. The normalized spacial score (nSPS) is 10.5. The van der Waals surface area contributed by atoms with Gasteiger partial charge in [-0.15, -0.1) is 0 Å². The van der Waals surface area contributed by atoms with Gasteiger partial charge in [-0.3, -0.25) is 0 Å². The lowest BCUT2D eigenvalue weighted by molar-refractivity contribution is 0.0696. The van der Waals surface area contributed by atoms with Crippen LogP contribution in [0.2, 0.25) is 5.02 Å². The zero-order chi connectivity index (χ0) is 18.7. The Balaban J connectivity index is 2.27. The largest absolute Gasteiger partial charge is 0.478 e. The second kappa shape index (κ2) is 7.42. The maximum Gasteiger partial charge on any atom is 0.339 e. The van der Waals surface area contributed by atoms with Gasteiger partial charge in [0.05, 0.1) is 23.0 Å². The van der Waals surface area contributed by atoms with E-state index in [1.165, 1.54) is 0 Å². The molecule has 1 N–H and O–H groups in total. The molecule has 26 heavy (non-hydrogen) atoms. The van der Waals surface area contributed by atoms with Gasteiger partial charge in [-0.1, -0.05) is 37.1 Å². The average molecular weight is 366 g/mol. The molecule has 0 aliphatic rings. The number of nitriles is 1. The SMILES string of the molecule is CCCc1c(C(=O)O)c(-c2cccc(C#N)c2)nn1-c1ccc(Cl)cc1. The zero-order valence-corrected chi connectivity index (χ0v) is 14.9. The summed E-state index contributed by atoms with van der Waals surface area (Å²) in [5.41, 5.74) is 2.94. The summed E-state index contributed by atoms with van der Waals surface area (Å²) < 4.78 is 1.65. The molecule has 0 saturated heterocycles. The summed E-state index contributed by atoms with van der Waals surface area (Å²) in [5.74, 6) is -1.04. The van der Waals surface area contributed by atoms with Crippen molar-refractivity contribution in [1.82, 2.24) is 9.78 Å². The molecule has 0 bridgehead atoms. The van der Waals surface area contributed by atoms with Gasteiger partial charge in [-0.2, -0.15) is 10.4 Å². The van der Waals surface area contributed by atoms with Crippen LogP contribution in [0.4, 0.5) is 0 Å². The molecule has 1 aromatic heterocycles. The third-order valence-electron chi connectivity index (χ3n) is 4.02. The van der Waals surface area contributed by atoms with E-state index in [4.69, 9.17) is 16.9 Å². The number of hydrogen-bond acceptors (Lipinski definition) is 3. The van der Waals surface area contributed by atoms with E-state index >= 15 is 0 Å². The van der Waals surface area contributed by atoms with Crippen LogP contribution in [0.5, 0.6) is 0 Å². The van der Waals surface area contributed by atoms with Crippen LogP contribution in [-0.4, -0.2) is 20.9 Å². The van der Waals surface area contributed by atoms with Crippen molar-refractivity contribution in [3.63, 3.8) is 0 Å². The Morgan fingerprint density at radius 1 is 1.27 bits per heavy atom. The van der Waals surface area contributed by atoms with Gasteiger partial charge in [0, 0.05) is 10.6 Å². The molecule has 0 spiro atoms. The number of hydrogen-bond donors (Lipinski definition) is 1. The molecular weight excluding hydrogens is 350 g/mol. The minimum Gasteiger partial charge on any atom is -0.478 e. The van der Waals surface area contributed by atoms with E-state index in [9.17, 15) is 9.90 Å². The van der Waals surface area contributed by atoms with Crippen LogP contribution < -0.4 is 0 Å². The van der Waals surface area contributed by atoms with E-state index in [0.717, 1.165) is 12.1 Å². The van der Waals surface area contributed by atoms with Gasteiger partial charge < -0.3 is 5.11 Å². The highest BCUT2D eigenvalue weighted by Crippen LogP contribution is 2.29. The van der Waals surface area contributed by atoms with Crippen LogP contribution >= 0.6 is 11.6 Å². The molecule has 0 atom stereocenters. The van der Waals surface area contributed by atoms with Gasteiger partial charge in [0.15, 0.2) is 0 Å². The van der Waals surface area contributed by atoms with Crippen molar-refractivity contribution >= 4 is 17.6 Å². The molecule has 0 radical (unpaired) electrons. The molecule has 3 aromatic rings. The van der Waals surface area contributed by atoms with Gasteiger partial charge in [0.1, 0.15) is 11.3 Å². The first kappa shape index (κ1) is 17.7. The number of halogens is 1. The Kier molecular flexibility index (Phi) is 5.06. The Labute approximate surface area is 156 Å². The number of carboxylic acids is 1. The van der Waals surface area contributed by atoms with Crippen molar-refractivity contribution in [3.8, 4) is 23.0 Å². The van der Waals surface area contributed by atoms with Crippen molar-refractivity contribution in [2.75, 3.05) is 0 Å². The Morgan fingerprint density at radius 3 is 2.62 bits per heavy atom. The molecular formula is C20H16ClN3O2. The summed E-state index contributed by atoms with van der Waals surface area (Å²) in [4.78, 5) is 12.0. The molecule has 0 saturated carbocycles. The maximum atomic E-state index is 12.0. The smallest absolute Gasteiger partial charge is 0.339 e. The Hall–Kier alpha value is -3.10. The summed E-state index contributed by atoms with van der Waals surface area (Å²) in [6.45, 7) is 1.99. The predicted octanol–water partition coefficient (Wildman–Crippen LogP) is 4.72. The van der Waals surface area contributed by atoms with E-state index < -0.39 is 5.97 Å². The van der Waals surface area contributed by atoms with Crippen molar-refractivity contribution < 1.29 is 9.90 Å². The molecule has 0 aliphatic carbocycles. The molecule has 0 unspecified atom stereocenters. The third-order valence-corrected chi connectivity index (χ3v) is 4.27. The van der Waals surface area contributed by atoms with Crippen LogP contribution in [0.1, 0.15) is 35.0 Å². The summed E-state index contributed by atoms with van der Waals surface area (Å²) in [6, 6.07) is 16.0. The second-order valence-corrected chi connectivity index (χ2v) is 6.24. The quantitative estimate of drug-likeness (QED) is 0.709. The fourth-order valence-electron chi connectivity index (χ4n) is 2.88. The highest BCUT2D eigenvalue weighted by atomic mass is 35.5. The van der Waals surface area contributed by atoms with E-state index in [2.05, 4.69) is 11.2 Å². The summed E-state index contributed by atoms with van der Waals surface area (Å²) in [5, 5.41) is 24.1. The Bertz CT molecular complexity index is 1000. The highest BCUT2D eigenvalue weighted by Gasteiger charge is 2.24. The fourth-order valence-corrected chi connectivity index (χ4v) is 3.01. The number of benzene rings is 2. The second-order valence-electron chi connectivity index (χ2n) is 5.81. The summed E-state index contributed by atoms with van der Waals surface area (Å²) in [7, 11) is 0. The summed E-state index contributed by atoms with van der Waals surface area (Å²) in [6.07, 6.45) is 1.34. The predicted molar refractivity (Wildman–Crippen MR) is 99.7 cm³/mol. The number of carboxylic acid groups (broad SMARTS) is 1. The molecule has 0 amide bonds. The standard InChI is InChI=1S/C20H16ClN3O2/c1-2-4-17-18(20(25)26)19(14-6-3-5-13(11-14)12-22)23-24(17)16-9-7-15(21)8-10-16/h3,5-11H,2,4H2,1H3,(H,25,26). The van der Waals surface area contributed by atoms with Crippen molar-refractivity contribution in [3.05, 3.63) is 70.4 Å². The lowest BCUT2D eigenvalue weighted by Gasteiger charge is -2.07. The first-order chi connectivity index (χ1) is 12.5. The van der Waals surface area contributed by atoms with E-state index in [-0.39, 0.29) is 5.56 Å². The molecule has 3 rings (SSSR count). The van der Waals surface area contributed by atoms with Gasteiger partial charge in [-0.05, 0) is 42.8 Å². The Morgan fingerprint density at radius 2 is 2.00 bits per heavy atom. The van der Waals surface area contributed by atoms with Crippen LogP contribution in [0.3, 0.4) is 0 Å². The first-order valence-corrected chi connectivity index (χ1v) is 8.54. The molecule has 130 valence electrons. The zero-order valence-electron chi connectivity index (χ0n) is 14.1. The van der Waals surface area contributed by atoms with Crippen LogP contribution in [0.15, 0.2) is 48.5 Å². The number of aromatic nitrogens is 2. The molecule has 2 aromatic carbocycles. The lowest BCUT2D eigenvalue weighted by Crippen LogP contribution is -2.06. The van der Waals surface area contributed by atoms with Crippen LogP contribution in [0.25, 0.3) is 16.9 Å². The van der Waals surface area contributed by atoms with Gasteiger partial charge in [-0.25, -0.2) is 9.48 Å². The number of nitrogens with zero attached hydrogens (tertiary/aromatic N) is 3.